The molecule has 0 saturated heterocycles. The lowest BCUT2D eigenvalue weighted by Gasteiger charge is -2.48. The van der Waals surface area contributed by atoms with Gasteiger partial charge in [0.2, 0.25) is 0 Å². The maximum absolute atomic E-state index is 12.3. The molecule has 4 nitrogen and oxygen atoms in total. The van der Waals surface area contributed by atoms with Crippen molar-refractivity contribution in [2.24, 2.45) is 10.8 Å². The van der Waals surface area contributed by atoms with Crippen molar-refractivity contribution in [2.45, 2.75) is 54.4 Å². The number of allylic oxidation sites excluding steroid dienone is 2. The van der Waals surface area contributed by atoms with Gasteiger partial charge < -0.3 is 0 Å². The van der Waals surface area contributed by atoms with Crippen LogP contribution in [0.1, 0.15) is 54.4 Å². The summed E-state index contributed by atoms with van der Waals surface area (Å²) in [6.07, 6.45) is 0.311. The molecule has 0 saturated carbocycles. The van der Waals surface area contributed by atoms with Crippen molar-refractivity contribution < 1.29 is 19.2 Å². The predicted octanol–water partition coefficient (Wildman–Crippen LogP) is 2.45. The van der Waals surface area contributed by atoms with Crippen molar-refractivity contribution in [2.75, 3.05) is 0 Å². The Morgan fingerprint density at radius 2 is 0.850 bits per heavy atom. The standard InChI is InChI=1S/C16H22O4/c1-9-7-15(11(3)17,12(4)18)16(13(5)19,14(6)20)8-10(9)2/h7-8H2,1-6H3. The van der Waals surface area contributed by atoms with Gasteiger partial charge in [-0.05, 0) is 54.4 Å². The van der Waals surface area contributed by atoms with Crippen LogP contribution in [-0.4, -0.2) is 23.1 Å². The normalized spacial score (nSPS) is 20.5. The molecule has 0 spiro atoms. The highest BCUT2D eigenvalue weighted by atomic mass is 16.2. The zero-order valence-electron chi connectivity index (χ0n) is 13.0. The van der Waals surface area contributed by atoms with E-state index in [2.05, 4.69) is 0 Å². The maximum atomic E-state index is 12.3. The van der Waals surface area contributed by atoms with Crippen molar-refractivity contribution in [3.05, 3.63) is 11.1 Å². The number of ketones is 4. The Hall–Kier alpha value is -1.58. The molecular weight excluding hydrogens is 256 g/mol. The minimum atomic E-state index is -1.55. The van der Waals surface area contributed by atoms with Crippen molar-refractivity contribution in [3.63, 3.8) is 0 Å². The van der Waals surface area contributed by atoms with Crippen LogP contribution in [0.25, 0.3) is 0 Å². The summed E-state index contributed by atoms with van der Waals surface area (Å²) in [5, 5.41) is 0. The van der Waals surface area contributed by atoms with Gasteiger partial charge in [0.05, 0.1) is 0 Å². The van der Waals surface area contributed by atoms with Crippen LogP contribution in [0.3, 0.4) is 0 Å². The molecule has 0 aromatic carbocycles. The molecule has 1 rings (SSSR count). The zero-order chi connectivity index (χ0) is 15.9. The second kappa shape index (κ2) is 5.08. The highest BCUT2D eigenvalue weighted by Gasteiger charge is 2.64. The highest BCUT2D eigenvalue weighted by molar-refractivity contribution is 6.19. The molecule has 0 aliphatic heterocycles. The van der Waals surface area contributed by atoms with E-state index in [1.807, 2.05) is 13.8 Å². The Balaban J connectivity index is 3.83. The predicted molar refractivity (Wildman–Crippen MR) is 75.2 cm³/mol. The van der Waals surface area contributed by atoms with E-state index in [4.69, 9.17) is 0 Å². The summed E-state index contributed by atoms with van der Waals surface area (Å²) < 4.78 is 0. The van der Waals surface area contributed by atoms with E-state index in [-0.39, 0.29) is 12.8 Å². The molecule has 20 heavy (non-hydrogen) atoms. The fourth-order valence-corrected chi connectivity index (χ4v) is 3.59. The second-order valence-corrected chi connectivity index (χ2v) is 5.95. The van der Waals surface area contributed by atoms with Gasteiger partial charge in [0, 0.05) is 0 Å². The first-order chi connectivity index (χ1) is 9.04. The van der Waals surface area contributed by atoms with Crippen LogP contribution >= 0.6 is 0 Å². The molecule has 0 bridgehead atoms. The smallest absolute Gasteiger partial charge is 0.145 e. The van der Waals surface area contributed by atoms with Crippen LogP contribution in [0, 0.1) is 10.8 Å². The van der Waals surface area contributed by atoms with Gasteiger partial charge in [-0.1, -0.05) is 11.1 Å². The molecule has 0 heterocycles. The lowest BCUT2D eigenvalue weighted by Crippen LogP contribution is -2.60. The summed E-state index contributed by atoms with van der Waals surface area (Å²) in [4.78, 5) is 49.2. The number of Topliss-reactive ketones (excluding diaryl/α,β-unsaturated/α-hetero) is 4. The average molecular weight is 278 g/mol. The van der Waals surface area contributed by atoms with Gasteiger partial charge >= 0.3 is 0 Å². The Morgan fingerprint density at radius 3 is 1.00 bits per heavy atom. The van der Waals surface area contributed by atoms with Gasteiger partial charge in [0.1, 0.15) is 34.0 Å². The average Bonchev–Trinajstić information content (AvgIpc) is 2.30. The number of carbonyl (C=O) groups excluding carboxylic acids is 4. The molecule has 0 fully saturated rings. The Labute approximate surface area is 119 Å². The third kappa shape index (κ3) is 1.89. The minimum absolute atomic E-state index is 0.155. The van der Waals surface area contributed by atoms with E-state index >= 15 is 0 Å². The maximum Gasteiger partial charge on any atom is 0.145 e. The molecule has 0 unspecified atom stereocenters. The summed E-state index contributed by atoms with van der Waals surface area (Å²) in [6.45, 7) is 8.90. The number of rotatable bonds is 4. The van der Waals surface area contributed by atoms with Crippen LogP contribution in [0.15, 0.2) is 11.1 Å². The van der Waals surface area contributed by atoms with Crippen molar-refractivity contribution in [1.82, 2.24) is 0 Å². The van der Waals surface area contributed by atoms with Crippen molar-refractivity contribution >= 4 is 23.1 Å². The van der Waals surface area contributed by atoms with Crippen LogP contribution in [-0.2, 0) is 19.2 Å². The van der Waals surface area contributed by atoms with E-state index in [1.54, 1.807) is 0 Å². The molecular formula is C16H22O4. The van der Waals surface area contributed by atoms with Crippen LogP contribution < -0.4 is 0 Å². The number of hydrogen-bond acceptors (Lipinski definition) is 4. The summed E-state index contributed by atoms with van der Waals surface area (Å²) in [7, 11) is 0. The largest absolute Gasteiger partial charge is 0.299 e. The van der Waals surface area contributed by atoms with E-state index in [0.717, 1.165) is 11.1 Å². The van der Waals surface area contributed by atoms with Crippen LogP contribution in [0.5, 0.6) is 0 Å². The van der Waals surface area contributed by atoms with Gasteiger partial charge in [0.25, 0.3) is 0 Å². The Bertz CT molecular complexity index is 461. The SMILES string of the molecule is CC(=O)C1(C(C)=O)CC(C)=C(C)CC1(C(C)=O)C(C)=O. The lowest BCUT2D eigenvalue weighted by molar-refractivity contribution is -0.163. The molecule has 0 amide bonds. The first-order valence-electron chi connectivity index (χ1n) is 6.73. The number of carbonyl (C=O) groups is 4. The van der Waals surface area contributed by atoms with E-state index in [9.17, 15) is 19.2 Å². The first-order valence-corrected chi connectivity index (χ1v) is 6.73. The zero-order valence-corrected chi connectivity index (χ0v) is 13.0. The molecule has 0 N–H and O–H groups in total. The third-order valence-corrected chi connectivity index (χ3v) is 4.92. The summed E-state index contributed by atoms with van der Waals surface area (Å²) >= 11 is 0. The fourth-order valence-electron chi connectivity index (χ4n) is 3.59. The monoisotopic (exact) mass is 278 g/mol. The molecule has 0 atom stereocenters. The topological polar surface area (TPSA) is 68.3 Å². The molecule has 0 aromatic heterocycles. The summed E-state index contributed by atoms with van der Waals surface area (Å²) in [5.74, 6) is -1.60. The minimum Gasteiger partial charge on any atom is -0.299 e. The third-order valence-electron chi connectivity index (χ3n) is 4.92. The van der Waals surface area contributed by atoms with Gasteiger partial charge in [-0.2, -0.15) is 0 Å². The Morgan fingerprint density at radius 1 is 0.650 bits per heavy atom. The summed E-state index contributed by atoms with van der Waals surface area (Å²) in [5.41, 5.74) is -1.27. The van der Waals surface area contributed by atoms with Crippen LogP contribution in [0.4, 0.5) is 0 Å². The van der Waals surface area contributed by atoms with Crippen molar-refractivity contribution in [3.8, 4) is 0 Å². The molecule has 1 aliphatic rings. The van der Waals surface area contributed by atoms with E-state index in [1.165, 1.54) is 27.7 Å². The lowest BCUT2D eigenvalue weighted by atomic mass is 9.49. The first kappa shape index (κ1) is 16.5. The fraction of sp³-hybridized carbons (Fsp3) is 0.625. The molecule has 4 heteroatoms. The number of hydrogen-bond donors (Lipinski definition) is 0. The van der Waals surface area contributed by atoms with Gasteiger partial charge in [-0.15, -0.1) is 0 Å². The van der Waals surface area contributed by atoms with Gasteiger partial charge in [-0.3, -0.25) is 19.2 Å². The van der Waals surface area contributed by atoms with Gasteiger partial charge in [0.15, 0.2) is 0 Å². The molecule has 0 aromatic rings. The summed E-state index contributed by atoms with van der Waals surface area (Å²) in [6, 6.07) is 0. The Kier molecular flexibility index (Phi) is 4.18. The second-order valence-electron chi connectivity index (χ2n) is 5.95. The molecule has 0 radical (unpaired) electrons. The quantitative estimate of drug-likeness (QED) is 0.585. The molecule has 110 valence electrons. The van der Waals surface area contributed by atoms with E-state index in [0.29, 0.717) is 0 Å². The molecule has 1 aliphatic carbocycles. The highest BCUT2D eigenvalue weighted by Crippen LogP contribution is 2.54. The van der Waals surface area contributed by atoms with Crippen LogP contribution in [0.2, 0.25) is 0 Å². The van der Waals surface area contributed by atoms with Gasteiger partial charge in [-0.25, -0.2) is 0 Å². The van der Waals surface area contributed by atoms with Crippen molar-refractivity contribution in [1.29, 1.82) is 0 Å². The van der Waals surface area contributed by atoms with E-state index < -0.39 is 34.0 Å².